The number of carbonyl (C=O) groups excluding carboxylic acids is 1. The average Bonchev–Trinajstić information content (AvgIpc) is 3.26. The molecule has 1 aliphatic heterocycles. The molecule has 8 nitrogen and oxygen atoms in total. The van der Waals surface area contributed by atoms with E-state index in [1.165, 1.54) is 12.8 Å². The number of morpholine rings is 1. The Balaban J connectivity index is 1.49. The molecule has 25 heavy (non-hydrogen) atoms. The maximum absolute atomic E-state index is 11.8. The Morgan fingerprint density at radius 3 is 3.24 bits per heavy atom. The van der Waals surface area contributed by atoms with Crippen molar-refractivity contribution in [1.82, 2.24) is 20.4 Å². The quantitative estimate of drug-likeness (QED) is 0.581. The van der Waals surface area contributed by atoms with Crippen LogP contribution in [0.5, 0.6) is 0 Å². The monoisotopic (exact) mass is 351 g/mol. The summed E-state index contributed by atoms with van der Waals surface area (Å²) in [6.07, 6.45) is 7.30. The van der Waals surface area contributed by atoms with Gasteiger partial charge in [0.25, 0.3) is 0 Å². The molecule has 140 valence electrons. The first-order valence-electron chi connectivity index (χ1n) is 9.12. The highest BCUT2D eigenvalue weighted by Gasteiger charge is 2.34. The number of hydrogen-bond acceptors (Lipinski definition) is 6. The third kappa shape index (κ3) is 5.17. The standard InChI is InChI=1S/C17H29N5O3/c1-24-7-5-19-17(23)11-22-10-13(9-20-22)21-15-4-2-3-14(15)16-12-25-8-6-18-16/h9-10,14-16,18,21H,2-8,11-12H2,1H3,(H,19,23). The van der Waals surface area contributed by atoms with E-state index in [2.05, 4.69) is 21.0 Å². The van der Waals surface area contributed by atoms with Crippen LogP contribution in [-0.2, 0) is 20.8 Å². The van der Waals surface area contributed by atoms with E-state index < -0.39 is 0 Å². The number of rotatable bonds is 8. The lowest BCUT2D eigenvalue weighted by molar-refractivity contribution is -0.122. The molecule has 2 fully saturated rings. The predicted octanol–water partition coefficient (Wildman–Crippen LogP) is 0.215. The normalized spacial score (nSPS) is 26.5. The van der Waals surface area contributed by atoms with E-state index >= 15 is 0 Å². The number of aromatic nitrogens is 2. The highest BCUT2D eigenvalue weighted by atomic mass is 16.5. The third-order valence-corrected chi connectivity index (χ3v) is 4.96. The first-order valence-corrected chi connectivity index (χ1v) is 9.12. The molecule has 1 aromatic rings. The number of hydrogen-bond donors (Lipinski definition) is 3. The van der Waals surface area contributed by atoms with Crippen molar-refractivity contribution in [2.45, 2.75) is 37.9 Å². The highest BCUT2D eigenvalue weighted by molar-refractivity contribution is 5.75. The van der Waals surface area contributed by atoms with Gasteiger partial charge in [0, 0.05) is 38.5 Å². The van der Waals surface area contributed by atoms with Crippen LogP contribution in [0.25, 0.3) is 0 Å². The zero-order chi connectivity index (χ0) is 17.5. The number of nitrogens with zero attached hydrogens (tertiary/aromatic N) is 2. The molecule has 3 atom stereocenters. The zero-order valence-corrected chi connectivity index (χ0v) is 14.9. The minimum absolute atomic E-state index is 0.0611. The molecule has 2 heterocycles. The van der Waals surface area contributed by atoms with E-state index in [-0.39, 0.29) is 12.5 Å². The second-order valence-corrected chi connectivity index (χ2v) is 6.75. The summed E-state index contributed by atoms with van der Waals surface area (Å²) < 4.78 is 12.2. The van der Waals surface area contributed by atoms with E-state index in [4.69, 9.17) is 9.47 Å². The van der Waals surface area contributed by atoms with Crippen molar-refractivity contribution in [3.05, 3.63) is 12.4 Å². The number of ether oxygens (including phenoxy) is 2. The summed E-state index contributed by atoms with van der Waals surface area (Å²) in [4.78, 5) is 11.8. The van der Waals surface area contributed by atoms with E-state index in [0.717, 1.165) is 31.9 Å². The summed E-state index contributed by atoms with van der Waals surface area (Å²) in [5.74, 6) is 0.509. The van der Waals surface area contributed by atoms with Gasteiger partial charge in [-0.1, -0.05) is 6.42 Å². The van der Waals surface area contributed by atoms with Gasteiger partial charge in [-0.2, -0.15) is 5.10 Å². The fraction of sp³-hybridized carbons (Fsp3) is 0.765. The van der Waals surface area contributed by atoms with Crippen LogP contribution in [0.2, 0.25) is 0 Å². The molecule has 3 N–H and O–H groups in total. The summed E-state index contributed by atoms with van der Waals surface area (Å²) in [6, 6.07) is 0.850. The van der Waals surface area contributed by atoms with Gasteiger partial charge >= 0.3 is 0 Å². The van der Waals surface area contributed by atoms with Crippen LogP contribution in [0.1, 0.15) is 19.3 Å². The van der Waals surface area contributed by atoms with Crippen molar-refractivity contribution < 1.29 is 14.3 Å². The van der Waals surface area contributed by atoms with Crippen molar-refractivity contribution in [2.24, 2.45) is 5.92 Å². The van der Waals surface area contributed by atoms with Gasteiger partial charge in [-0.25, -0.2) is 0 Å². The molecule has 3 rings (SSSR count). The van der Waals surface area contributed by atoms with Gasteiger partial charge in [0.05, 0.1) is 31.7 Å². The van der Waals surface area contributed by atoms with Crippen LogP contribution in [0, 0.1) is 5.92 Å². The Morgan fingerprint density at radius 2 is 2.44 bits per heavy atom. The summed E-state index contributed by atoms with van der Waals surface area (Å²) >= 11 is 0. The Labute approximate surface area is 148 Å². The largest absolute Gasteiger partial charge is 0.383 e. The van der Waals surface area contributed by atoms with Crippen LogP contribution in [0.3, 0.4) is 0 Å². The molecule has 1 aromatic heterocycles. The summed E-state index contributed by atoms with van der Waals surface area (Å²) in [6.45, 7) is 3.79. The summed E-state index contributed by atoms with van der Waals surface area (Å²) in [7, 11) is 1.61. The van der Waals surface area contributed by atoms with E-state index in [9.17, 15) is 4.79 Å². The van der Waals surface area contributed by atoms with Gasteiger partial charge in [-0.15, -0.1) is 0 Å². The van der Waals surface area contributed by atoms with Gasteiger partial charge in [-0.05, 0) is 18.8 Å². The van der Waals surface area contributed by atoms with Crippen molar-refractivity contribution in [2.75, 3.05) is 45.3 Å². The molecular weight excluding hydrogens is 322 g/mol. The van der Waals surface area contributed by atoms with Gasteiger partial charge in [0.15, 0.2) is 0 Å². The molecular formula is C17H29N5O3. The molecule has 1 saturated carbocycles. The molecule has 1 amide bonds. The maximum atomic E-state index is 11.8. The molecule has 1 aliphatic carbocycles. The van der Waals surface area contributed by atoms with Crippen molar-refractivity contribution >= 4 is 11.6 Å². The molecule has 3 unspecified atom stereocenters. The number of carbonyl (C=O) groups is 1. The lowest BCUT2D eigenvalue weighted by Gasteiger charge is -2.33. The minimum atomic E-state index is -0.0611. The Morgan fingerprint density at radius 1 is 1.52 bits per heavy atom. The predicted molar refractivity (Wildman–Crippen MR) is 94.5 cm³/mol. The first-order chi connectivity index (χ1) is 12.3. The van der Waals surface area contributed by atoms with E-state index in [0.29, 0.717) is 31.2 Å². The summed E-state index contributed by atoms with van der Waals surface area (Å²) in [5.41, 5.74) is 0.971. The van der Waals surface area contributed by atoms with E-state index in [1.54, 1.807) is 18.0 Å². The molecule has 0 aromatic carbocycles. The van der Waals surface area contributed by atoms with Gasteiger partial charge in [0.1, 0.15) is 6.54 Å². The fourth-order valence-electron chi connectivity index (χ4n) is 3.74. The van der Waals surface area contributed by atoms with Gasteiger partial charge in [-0.3, -0.25) is 9.48 Å². The fourth-order valence-corrected chi connectivity index (χ4v) is 3.74. The number of methoxy groups -OCH3 is 1. The van der Waals surface area contributed by atoms with Crippen LogP contribution < -0.4 is 16.0 Å². The SMILES string of the molecule is COCCNC(=O)Cn1cc(NC2CCCC2C2COCCN2)cn1. The second-order valence-electron chi connectivity index (χ2n) is 6.75. The second kappa shape index (κ2) is 9.17. The molecule has 0 spiro atoms. The molecule has 1 saturated heterocycles. The van der Waals surface area contributed by atoms with Gasteiger partial charge < -0.3 is 25.4 Å². The average molecular weight is 351 g/mol. The van der Waals surface area contributed by atoms with Crippen LogP contribution in [0.15, 0.2) is 12.4 Å². The third-order valence-electron chi connectivity index (χ3n) is 4.96. The molecule has 8 heteroatoms. The number of anilines is 1. The topological polar surface area (TPSA) is 89.4 Å². The van der Waals surface area contributed by atoms with Crippen molar-refractivity contribution in [3.63, 3.8) is 0 Å². The lowest BCUT2D eigenvalue weighted by atomic mass is 9.94. The van der Waals surface area contributed by atoms with Crippen LogP contribution >= 0.6 is 0 Å². The Hall–Kier alpha value is -1.64. The number of nitrogens with one attached hydrogen (secondary N) is 3. The summed E-state index contributed by atoms with van der Waals surface area (Å²) in [5, 5.41) is 14.3. The van der Waals surface area contributed by atoms with Gasteiger partial charge in [0.2, 0.25) is 5.91 Å². The van der Waals surface area contributed by atoms with Crippen LogP contribution in [-0.4, -0.2) is 67.8 Å². The Bertz CT molecular complexity index is 544. The lowest BCUT2D eigenvalue weighted by Crippen LogP contribution is -2.49. The van der Waals surface area contributed by atoms with E-state index in [1.807, 2.05) is 6.20 Å². The van der Waals surface area contributed by atoms with Crippen LogP contribution in [0.4, 0.5) is 5.69 Å². The number of amides is 1. The molecule has 0 bridgehead atoms. The van der Waals surface area contributed by atoms with Crippen molar-refractivity contribution in [1.29, 1.82) is 0 Å². The molecule has 2 aliphatic rings. The first kappa shape index (κ1) is 18.2. The Kier molecular flexibility index (Phi) is 6.66. The zero-order valence-electron chi connectivity index (χ0n) is 14.9. The van der Waals surface area contributed by atoms with Crippen molar-refractivity contribution in [3.8, 4) is 0 Å². The minimum Gasteiger partial charge on any atom is -0.383 e. The smallest absolute Gasteiger partial charge is 0.241 e. The molecule has 0 radical (unpaired) electrons. The highest BCUT2D eigenvalue weighted by Crippen LogP contribution is 2.31. The maximum Gasteiger partial charge on any atom is 0.241 e.